The van der Waals surface area contributed by atoms with E-state index in [4.69, 9.17) is 0 Å². The summed E-state index contributed by atoms with van der Waals surface area (Å²) in [5, 5.41) is 16.8. The van der Waals surface area contributed by atoms with Crippen molar-refractivity contribution in [2.24, 2.45) is 7.05 Å². The van der Waals surface area contributed by atoms with Crippen molar-refractivity contribution < 1.29 is 14.7 Å². The Bertz CT molecular complexity index is 1140. The van der Waals surface area contributed by atoms with E-state index >= 15 is 0 Å². The maximum absolute atomic E-state index is 12.8. The number of carboxylic acid groups (broad SMARTS) is 1. The van der Waals surface area contributed by atoms with Crippen LogP contribution in [0, 0.1) is 13.8 Å². The standard InChI is InChI=1S/C24H27BrN4O3/c1-15-20(16(2)29(4)27-15)6-5-13-28(3)22-12-9-18(24(31)32)14-21(22)26-23(30)17-7-10-19(25)11-8-17/h7-12,14H,5-6,13H2,1-4H3,(H,26,30)(H,31,32). The summed E-state index contributed by atoms with van der Waals surface area (Å²) in [6.45, 7) is 4.83. The van der Waals surface area contributed by atoms with Crippen molar-refractivity contribution in [2.75, 3.05) is 23.8 Å². The second kappa shape index (κ2) is 9.99. The van der Waals surface area contributed by atoms with Gasteiger partial charge in [0.05, 0.1) is 22.6 Å². The molecule has 1 aromatic heterocycles. The third kappa shape index (κ3) is 5.37. The van der Waals surface area contributed by atoms with Crippen LogP contribution >= 0.6 is 15.9 Å². The molecule has 3 aromatic rings. The van der Waals surface area contributed by atoms with Gasteiger partial charge in [0.15, 0.2) is 0 Å². The highest BCUT2D eigenvalue weighted by molar-refractivity contribution is 9.10. The lowest BCUT2D eigenvalue weighted by atomic mass is 10.1. The van der Waals surface area contributed by atoms with Crippen molar-refractivity contribution in [3.63, 3.8) is 0 Å². The maximum atomic E-state index is 12.8. The predicted octanol–water partition coefficient (Wildman–Crippen LogP) is 4.82. The molecule has 0 radical (unpaired) electrons. The number of carbonyl (C=O) groups is 2. The predicted molar refractivity (Wildman–Crippen MR) is 130 cm³/mol. The number of hydrogen-bond donors (Lipinski definition) is 2. The van der Waals surface area contributed by atoms with Gasteiger partial charge >= 0.3 is 5.97 Å². The van der Waals surface area contributed by atoms with Crippen LogP contribution in [0.1, 0.15) is 44.1 Å². The maximum Gasteiger partial charge on any atom is 0.335 e. The van der Waals surface area contributed by atoms with Crippen LogP contribution in [0.4, 0.5) is 11.4 Å². The van der Waals surface area contributed by atoms with Crippen molar-refractivity contribution in [1.29, 1.82) is 0 Å². The van der Waals surface area contributed by atoms with Crippen molar-refractivity contribution >= 4 is 39.2 Å². The summed E-state index contributed by atoms with van der Waals surface area (Å²) in [4.78, 5) is 26.3. The van der Waals surface area contributed by atoms with E-state index in [2.05, 4.69) is 33.3 Å². The van der Waals surface area contributed by atoms with Gasteiger partial charge < -0.3 is 15.3 Å². The fourth-order valence-electron chi connectivity index (χ4n) is 3.69. The van der Waals surface area contributed by atoms with Crippen LogP contribution in [-0.4, -0.2) is 40.4 Å². The van der Waals surface area contributed by atoms with Crippen LogP contribution in [0.5, 0.6) is 0 Å². The molecule has 1 amide bonds. The summed E-state index contributed by atoms with van der Waals surface area (Å²) < 4.78 is 2.77. The molecule has 3 rings (SSSR count). The van der Waals surface area contributed by atoms with Crippen LogP contribution in [0.25, 0.3) is 0 Å². The number of nitrogens with one attached hydrogen (secondary N) is 1. The lowest BCUT2D eigenvalue weighted by molar-refractivity contribution is 0.0696. The zero-order valence-electron chi connectivity index (χ0n) is 18.6. The average Bonchev–Trinajstić information content (AvgIpc) is 2.99. The number of aromatic nitrogens is 2. The van der Waals surface area contributed by atoms with Gasteiger partial charge in [-0.05, 0) is 74.7 Å². The third-order valence-corrected chi connectivity index (χ3v) is 6.12. The SMILES string of the molecule is Cc1nn(C)c(C)c1CCCN(C)c1ccc(C(=O)O)cc1NC(=O)c1ccc(Br)cc1. The average molecular weight is 499 g/mol. The fraction of sp³-hybridized carbons (Fsp3) is 0.292. The topological polar surface area (TPSA) is 87.5 Å². The van der Waals surface area contributed by atoms with Gasteiger partial charge in [0.2, 0.25) is 0 Å². The zero-order chi connectivity index (χ0) is 23.4. The molecule has 0 saturated heterocycles. The number of carboxylic acids is 1. The van der Waals surface area contributed by atoms with Gasteiger partial charge in [0, 0.05) is 36.4 Å². The lowest BCUT2D eigenvalue weighted by Crippen LogP contribution is -2.22. The molecule has 0 spiro atoms. The van der Waals surface area contributed by atoms with Crippen LogP contribution < -0.4 is 10.2 Å². The molecule has 0 saturated carbocycles. The van der Waals surface area contributed by atoms with Gasteiger partial charge in [-0.3, -0.25) is 9.48 Å². The van der Waals surface area contributed by atoms with Crippen LogP contribution in [-0.2, 0) is 13.5 Å². The highest BCUT2D eigenvalue weighted by atomic mass is 79.9. The second-order valence-corrected chi connectivity index (χ2v) is 8.71. The number of hydrogen-bond acceptors (Lipinski definition) is 4. The Balaban J connectivity index is 1.77. The van der Waals surface area contributed by atoms with E-state index in [1.54, 1.807) is 36.4 Å². The minimum absolute atomic E-state index is 0.120. The Morgan fingerprint density at radius 3 is 2.38 bits per heavy atom. The molecule has 2 aromatic carbocycles. The van der Waals surface area contributed by atoms with Crippen molar-refractivity contribution in [2.45, 2.75) is 26.7 Å². The van der Waals surface area contributed by atoms with Crippen LogP contribution in [0.2, 0.25) is 0 Å². The van der Waals surface area contributed by atoms with Gasteiger partial charge in [-0.25, -0.2) is 4.79 Å². The first kappa shape index (κ1) is 23.5. The fourth-order valence-corrected chi connectivity index (χ4v) is 3.95. The number of anilines is 2. The second-order valence-electron chi connectivity index (χ2n) is 7.80. The number of rotatable bonds is 8. The molecule has 7 nitrogen and oxygen atoms in total. The molecule has 2 N–H and O–H groups in total. The normalized spacial score (nSPS) is 10.8. The number of carbonyl (C=O) groups excluding carboxylic acids is 1. The van der Waals surface area contributed by atoms with E-state index in [0.717, 1.165) is 35.2 Å². The molecule has 0 atom stereocenters. The van der Waals surface area contributed by atoms with E-state index in [9.17, 15) is 14.7 Å². The Kier molecular flexibility index (Phi) is 7.35. The summed E-state index contributed by atoms with van der Waals surface area (Å²) in [5.74, 6) is -1.34. The molecule has 8 heteroatoms. The van der Waals surface area contributed by atoms with Crippen LogP contribution in [0.15, 0.2) is 46.9 Å². The number of benzene rings is 2. The summed E-state index contributed by atoms with van der Waals surface area (Å²) in [7, 11) is 3.89. The van der Waals surface area contributed by atoms with E-state index in [0.29, 0.717) is 11.3 Å². The van der Waals surface area contributed by atoms with E-state index < -0.39 is 5.97 Å². The van der Waals surface area contributed by atoms with Crippen molar-refractivity contribution in [3.8, 4) is 0 Å². The molecule has 32 heavy (non-hydrogen) atoms. The summed E-state index contributed by atoms with van der Waals surface area (Å²) in [5.41, 5.74) is 5.30. The largest absolute Gasteiger partial charge is 0.478 e. The van der Waals surface area contributed by atoms with Crippen molar-refractivity contribution in [1.82, 2.24) is 9.78 Å². The molecule has 0 aliphatic rings. The Labute approximate surface area is 196 Å². The Hall–Kier alpha value is -3.13. The Morgan fingerprint density at radius 2 is 1.78 bits per heavy atom. The molecule has 0 fully saturated rings. The summed E-state index contributed by atoms with van der Waals surface area (Å²) >= 11 is 3.36. The van der Waals surface area contributed by atoms with Crippen molar-refractivity contribution in [3.05, 3.63) is 75.0 Å². The van der Waals surface area contributed by atoms with Gasteiger partial charge in [-0.2, -0.15) is 5.10 Å². The summed E-state index contributed by atoms with van der Waals surface area (Å²) in [6, 6.07) is 11.8. The van der Waals surface area contributed by atoms with Gasteiger partial charge in [0.1, 0.15) is 0 Å². The van der Waals surface area contributed by atoms with Crippen LogP contribution in [0.3, 0.4) is 0 Å². The summed E-state index contributed by atoms with van der Waals surface area (Å²) in [6.07, 6.45) is 1.79. The van der Waals surface area contributed by atoms with Gasteiger partial charge in [-0.15, -0.1) is 0 Å². The Morgan fingerprint density at radius 1 is 1.12 bits per heavy atom. The number of amides is 1. The first-order valence-electron chi connectivity index (χ1n) is 10.3. The molecule has 1 heterocycles. The zero-order valence-corrected chi connectivity index (χ0v) is 20.2. The van der Waals surface area contributed by atoms with E-state index in [1.807, 2.05) is 30.6 Å². The molecule has 168 valence electrons. The third-order valence-electron chi connectivity index (χ3n) is 5.59. The quantitative estimate of drug-likeness (QED) is 0.464. The minimum atomic E-state index is -1.04. The highest BCUT2D eigenvalue weighted by Crippen LogP contribution is 2.28. The first-order chi connectivity index (χ1) is 15.2. The molecular formula is C24H27BrN4O3. The monoisotopic (exact) mass is 498 g/mol. The van der Waals surface area contributed by atoms with Gasteiger partial charge in [0.25, 0.3) is 5.91 Å². The first-order valence-corrected chi connectivity index (χ1v) is 11.1. The molecule has 0 aliphatic carbocycles. The molecule has 0 aliphatic heterocycles. The molecule has 0 unspecified atom stereocenters. The number of nitrogens with zero attached hydrogens (tertiary/aromatic N) is 3. The molecule has 0 bridgehead atoms. The van der Waals surface area contributed by atoms with E-state index in [-0.39, 0.29) is 11.5 Å². The number of aromatic carboxylic acids is 1. The van der Waals surface area contributed by atoms with Gasteiger partial charge in [-0.1, -0.05) is 15.9 Å². The number of aryl methyl sites for hydroxylation is 2. The lowest BCUT2D eigenvalue weighted by Gasteiger charge is -2.23. The minimum Gasteiger partial charge on any atom is -0.478 e. The smallest absolute Gasteiger partial charge is 0.335 e. The highest BCUT2D eigenvalue weighted by Gasteiger charge is 2.16. The molecular weight excluding hydrogens is 472 g/mol. The number of halogens is 1. The van der Waals surface area contributed by atoms with E-state index in [1.165, 1.54) is 17.3 Å².